The van der Waals surface area contributed by atoms with Gasteiger partial charge in [0.15, 0.2) is 0 Å². The van der Waals surface area contributed by atoms with Gasteiger partial charge in [-0.15, -0.1) is 11.3 Å². The third kappa shape index (κ3) is 4.83. The van der Waals surface area contributed by atoms with Gasteiger partial charge in [-0.1, -0.05) is 105 Å². The monoisotopic (exact) mass is 561 g/mol. The zero-order valence-electron chi connectivity index (χ0n) is 26.9. The molecule has 2 heterocycles. The summed E-state index contributed by atoms with van der Waals surface area (Å²) in [5.74, 6) is 1.69. The highest BCUT2D eigenvalue weighted by atomic mass is 32.1. The fourth-order valence-corrected chi connectivity index (χ4v) is 9.27. The summed E-state index contributed by atoms with van der Waals surface area (Å²) in [6.45, 7) is 25.9. The van der Waals surface area contributed by atoms with Gasteiger partial charge in [-0.2, -0.15) is 0 Å². The van der Waals surface area contributed by atoms with E-state index in [-0.39, 0.29) is 10.8 Å². The highest BCUT2D eigenvalue weighted by molar-refractivity contribution is 7.23. The molecule has 41 heavy (non-hydrogen) atoms. The lowest BCUT2D eigenvalue weighted by atomic mass is 9.58. The highest BCUT2D eigenvalue weighted by Crippen LogP contribution is 2.48. The lowest BCUT2D eigenvalue weighted by molar-refractivity contribution is 0.148. The molecule has 0 saturated carbocycles. The Labute approximate surface area is 252 Å². The Bertz CT molecular complexity index is 1700. The number of aryl methyl sites for hydroxylation is 2. The van der Waals surface area contributed by atoms with E-state index in [0.717, 1.165) is 5.69 Å². The molecule has 0 aliphatic heterocycles. The first-order valence-electron chi connectivity index (χ1n) is 15.3. The molecule has 0 atom stereocenters. The molecule has 0 aliphatic rings. The van der Waals surface area contributed by atoms with E-state index in [4.69, 9.17) is 4.98 Å². The Morgan fingerprint density at radius 3 is 2.00 bits per heavy atom. The van der Waals surface area contributed by atoms with Crippen LogP contribution in [-0.4, -0.2) is 4.98 Å². The molecule has 0 bridgehead atoms. The van der Waals surface area contributed by atoms with Crippen LogP contribution in [0.1, 0.15) is 84.6 Å². The van der Waals surface area contributed by atoms with Crippen molar-refractivity contribution in [1.82, 2.24) is 4.98 Å². The lowest BCUT2D eigenvalue weighted by Gasteiger charge is -2.46. The summed E-state index contributed by atoms with van der Waals surface area (Å²) in [7, 11) is 0. The van der Waals surface area contributed by atoms with Crippen LogP contribution in [0.3, 0.4) is 0 Å². The summed E-state index contributed by atoms with van der Waals surface area (Å²) in [5.41, 5.74) is 9.38. The van der Waals surface area contributed by atoms with Crippen LogP contribution < -0.4 is 0 Å². The number of nitrogens with zero attached hydrogens (tertiary/aromatic N) is 1. The fourth-order valence-electron chi connectivity index (χ4n) is 7.87. The molecule has 5 aromatic rings. The standard InChI is InChI=1S/C39H47NS/c1-23(2)39(24(3)4,25(5)6)30-16-17-31(26(7)20-30)36-27(8)32-18-19-40-35(37(32)41-36)29-21-28-14-12-13-15-33(28)34(22-29)38(9,10)11/h12-25H,1-11H3. The molecule has 0 unspecified atom stereocenters. The summed E-state index contributed by atoms with van der Waals surface area (Å²) in [6.07, 6.45) is 1.99. The Kier molecular flexibility index (Phi) is 7.70. The molecule has 2 heteroatoms. The number of benzene rings is 3. The number of aromatic nitrogens is 1. The first kappa shape index (κ1) is 29.5. The molecular weight excluding hydrogens is 515 g/mol. The van der Waals surface area contributed by atoms with E-state index in [1.807, 2.05) is 17.5 Å². The van der Waals surface area contributed by atoms with Crippen molar-refractivity contribution >= 4 is 32.2 Å². The molecule has 0 saturated heterocycles. The van der Waals surface area contributed by atoms with Gasteiger partial charge in [-0.3, -0.25) is 4.98 Å². The van der Waals surface area contributed by atoms with E-state index in [1.165, 1.54) is 59.1 Å². The third-order valence-electron chi connectivity index (χ3n) is 9.63. The molecular formula is C39H47NS. The van der Waals surface area contributed by atoms with E-state index < -0.39 is 0 Å². The number of hydrogen-bond donors (Lipinski definition) is 0. The van der Waals surface area contributed by atoms with E-state index in [9.17, 15) is 0 Å². The summed E-state index contributed by atoms with van der Waals surface area (Å²) >= 11 is 1.90. The summed E-state index contributed by atoms with van der Waals surface area (Å²) < 4.78 is 1.28. The largest absolute Gasteiger partial charge is 0.255 e. The first-order chi connectivity index (χ1) is 19.3. The molecule has 2 aromatic heterocycles. The lowest BCUT2D eigenvalue weighted by Crippen LogP contribution is -2.43. The van der Waals surface area contributed by atoms with E-state index in [2.05, 4.69) is 137 Å². The van der Waals surface area contributed by atoms with E-state index in [0.29, 0.717) is 17.8 Å². The zero-order chi connectivity index (χ0) is 29.9. The molecule has 0 amide bonds. The molecule has 3 aromatic carbocycles. The van der Waals surface area contributed by atoms with Gasteiger partial charge in [0, 0.05) is 22.1 Å². The maximum Gasteiger partial charge on any atom is 0.0880 e. The van der Waals surface area contributed by atoms with Crippen molar-refractivity contribution in [2.45, 2.75) is 87.0 Å². The van der Waals surface area contributed by atoms with Crippen LogP contribution in [-0.2, 0) is 10.8 Å². The quantitative estimate of drug-likeness (QED) is 0.201. The minimum absolute atomic E-state index is 0.0378. The van der Waals surface area contributed by atoms with Crippen molar-refractivity contribution in [3.05, 3.63) is 89.1 Å². The molecule has 0 spiro atoms. The van der Waals surface area contributed by atoms with Crippen LogP contribution in [0.25, 0.3) is 42.6 Å². The third-order valence-corrected chi connectivity index (χ3v) is 11.0. The first-order valence-corrected chi connectivity index (χ1v) is 16.1. The van der Waals surface area contributed by atoms with Gasteiger partial charge in [-0.25, -0.2) is 0 Å². The molecule has 0 fully saturated rings. The highest BCUT2D eigenvalue weighted by Gasteiger charge is 2.41. The molecule has 0 radical (unpaired) electrons. The fraction of sp³-hybridized carbons (Fsp3) is 0.410. The van der Waals surface area contributed by atoms with Crippen molar-refractivity contribution in [2.24, 2.45) is 17.8 Å². The maximum absolute atomic E-state index is 4.99. The predicted octanol–water partition coefficient (Wildman–Crippen LogP) is 11.9. The topological polar surface area (TPSA) is 12.9 Å². The summed E-state index contributed by atoms with van der Waals surface area (Å²) in [6, 6.07) is 23.0. The van der Waals surface area contributed by atoms with Gasteiger partial charge in [0.2, 0.25) is 0 Å². The van der Waals surface area contributed by atoms with Crippen LogP contribution in [0.15, 0.2) is 66.9 Å². The van der Waals surface area contributed by atoms with Gasteiger partial charge in [0.25, 0.3) is 0 Å². The zero-order valence-corrected chi connectivity index (χ0v) is 27.8. The maximum atomic E-state index is 4.99. The van der Waals surface area contributed by atoms with Crippen LogP contribution >= 0.6 is 11.3 Å². The molecule has 5 rings (SSSR count). The number of thiophene rings is 1. The normalized spacial score (nSPS) is 12.9. The number of pyridine rings is 1. The Morgan fingerprint density at radius 2 is 1.39 bits per heavy atom. The van der Waals surface area contributed by atoms with Crippen LogP contribution in [0.2, 0.25) is 0 Å². The van der Waals surface area contributed by atoms with Gasteiger partial charge in [0.1, 0.15) is 0 Å². The second kappa shape index (κ2) is 10.7. The number of rotatable bonds is 6. The van der Waals surface area contributed by atoms with Gasteiger partial charge < -0.3 is 0 Å². The minimum atomic E-state index is 0.0378. The summed E-state index contributed by atoms with van der Waals surface area (Å²) in [5, 5.41) is 3.91. The van der Waals surface area contributed by atoms with Gasteiger partial charge in [0.05, 0.1) is 10.4 Å². The Hall–Kier alpha value is -2.97. The van der Waals surface area contributed by atoms with Crippen molar-refractivity contribution in [1.29, 1.82) is 0 Å². The average Bonchev–Trinajstić information content (AvgIpc) is 3.23. The van der Waals surface area contributed by atoms with E-state index >= 15 is 0 Å². The van der Waals surface area contributed by atoms with Gasteiger partial charge >= 0.3 is 0 Å². The van der Waals surface area contributed by atoms with Gasteiger partial charge in [-0.05, 0) is 99.2 Å². The predicted molar refractivity (Wildman–Crippen MR) is 182 cm³/mol. The van der Waals surface area contributed by atoms with Crippen molar-refractivity contribution in [2.75, 3.05) is 0 Å². The molecule has 214 valence electrons. The number of fused-ring (bicyclic) bond motifs is 2. The molecule has 0 aliphatic carbocycles. The SMILES string of the molecule is Cc1cc(C(C(C)C)(C(C)C)C(C)C)ccc1-c1sc2c(-c3cc(C(C)(C)C)c4ccccc4c3)nccc2c1C. The average molecular weight is 562 g/mol. The van der Waals surface area contributed by atoms with E-state index in [1.54, 1.807) is 0 Å². The van der Waals surface area contributed by atoms with Crippen LogP contribution in [0.4, 0.5) is 0 Å². The molecule has 1 nitrogen and oxygen atoms in total. The second-order valence-corrected chi connectivity index (χ2v) is 15.0. The smallest absolute Gasteiger partial charge is 0.0880 e. The number of hydrogen-bond acceptors (Lipinski definition) is 2. The Morgan fingerprint density at radius 1 is 0.732 bits per heavy atom. The minimum Gasteiger partial charge on any atom is -0.255 e. The second-order valence-electron chi connectivity index (χ2n) is 14.0. The Balaban J connectivity index is 1.69. The van der Waals surface area contributed by atoms with Crippen molar-refractivity contribution < 1.29 is 0 Å². The van der Waals surface area contributed by atoms with Crippen molar-refractivity contribution in [3.63, 3.8) is 0 Å². The van der Waals surface area contributed by atoms with Crippen LogP contribution in [0, 0.1) is 31.6 Å². The molecule has 0 N–H and O–H groups in total. The van der Waals surface area contributed by atoms with Crippen LogP contribution in [0.5, 0.6) is 0 Å². The van der Waals surface area contributed by atoms with Crippen molar-refractivity contribution in [3.8, 4) is 21.7 Å². The summed E-state index contributed by atoms with van der Waals surface area (Å²) in [4.78, 5) is 6.35.